The fourth-order valence-corrected chi connectivity index (χ4v) is 2.77. The van der Waals surface area contributed by atoms with Crippen LogP contribution in [0.1, 0.15) is 23.7 Å². The summed E-state index contributed by atoms with van der Waals surface area (Å²) in [5, 5.41) is 3.85. The highest BCUT2D eigenvalue weighted by Crippen LogP contribution is 2.22. The lowest BCUT2D eigenvalue weighted by Gasteiger charge is -2.09. The zero-order chi connectivity index (χ0) is 19.2. The van der Waals surface area contributed by atoms with Crippen LogP contribution in [0.5, 0.6) is 5.75 Å². The lowest BCUT2D eigenvalue weighted by atomic mass is 10.2. The average molecular weight is 366 g/mol. The van der Waals surface area contributed by atoms with Crippen molar-refractivity contribution in [2.24, 2.45) is 0 Å². The van der Waals surface area contributed by atoms with Crippen molar-refractivity contribution in [3.05, 3.63) is 60.3 Å². The number of rotatable bonds is 7. The van der Waals surface area contributed by atoms with Crippen molar-refractivity contribution in [2.75, 3.05) is 19.0 Å². The number of hydrogen-bond donors (Lipinski definition) is 1. The minimum atomic E-state index is -0.357. The predicted octanol–water partition coefficient (Wildman–Crippen LogP) is 3.86. The number of anilines is 1. The maximum atomic E-state index is 12.4. The van der Waals surface area contributed by atoms with Crippen molar-refractivity contribution in [2.45, 2.75) is 19.9 Å². The maximum Gasteiger partial charge on any atom is 0.338 e. The van der Waals surface area contributed by atoms with Gasteiger partial charge in [0.15, 0.2) is 0 Å². The first-order valence-corrected chi connectivity index (χ1v) is 8.80. The van der Waals surface area contributed by atoms with E-state index in [1.807, 2.05) is 42.0 Å². The zero-order valence-electron chi connectivity index (χ0n) is 15.4. The number of carbonyl (C=O) groups is 2. The summed E-state index contributed by atoms with van der Waals surface area (Å²) in [7, 11) is 1.63. The van der Waals surface area contributed by atoms with Crippen molar-refractivity contribution < 1.29 is 19.1 Å². The Hall–Kier alpha value is -3.28. The highest BCUT2D eigenvalue weighted by atomic mass is 16.5. The molecule has 0 bridgehead atoms. The van der Waals surface area contributed by atoms with Crippen molar-refractivity contribution >= 4 is 28.5 Å². The monoisotopic (exact) mass is 366 g/mol. The zero-order valence-corrected chi connectivity index (χ0v) is 15.4. The summed E-state index contributed by atoms with van der Waals surface area (Å²) in [4.78, 5) is 24.2. The van der Waals surface area contributed by atoms with Crippen molar-refractivity contribution in [1.29, 1.82) is 0 Å². The molecule has 0 saturated carbocycles. The van der Waals surface area contributed by atoms with Gasteiger partial charge in [-0.05, 0) is 55.0 Å². The maximum absolute atomic E-state index is 12.4. The second kappa shape index (κ2) is 8.40. The van der Waals surface area contributed by atoms with Gasteiger partial charge in [0.1, 0.15) is 12.3 Å². The van der Waals surface area contributed by atoms with E-state index < -0.39 is 0 Å². The van der Waals surface area contributed by atoms with Gasteiger partial charge in [0, 0.05) is 22.8 Å². The van der Waals surface area contributed by atoms with Gasteiger partial charge in [0.2, 0.25) is 5.91 Å². The quantitative estimate of drug-likeness (QED) is 0.645. The van der Waals surface area contributed by atoms with E-state index >= 15 is 0 Å². The molecule has 6 nitrogen and oxygen atoms in total. The topological polar surface area (TPSA) is 69.6 Å². The molecule has 0 unspecified atom stereocenters. The lowest BCUT2D eigenvalue weighted by molar-refractivity contribution is -0.116. The van der Waals surface area contributed by atoms with Crippen LogP contribution < -0.4 is 10.1 Å². The molecule has 1 aromatic heterocycles. The third-order valence-corrected chi connectivity index (χ3v) is 4.13. The number of benzene rings is 2. The second-order valence-corrected chi connectivity index (χ2v) is 6.13. The molecule has 0 fully saturated rings. The third-order valence-electron chi connectivity index (χ3n) is 4.13. The fourth-order valence-electron chi connectivity index (χ4n) is 2.77. The highest BCUT2D eigenvalue weighted by Gasteiger charge is 2.09. The Morgan fingerprint density at radius 2 is 1.85 bits per heavy atom. The van der Waals surface area contributed by atoms with Gasteiger partial charge in [-0.3, -0.25) is 4.79 Å². The van der Waals surface area contributed by atoms with E-state index in [2.05, 4.69) is 5.32 Å². The van der Waals surface area contributed by atoms with Crippen molar-refractivity contribution in [3.8, 4) is 5.75 Å². The Morgan fingerprint density at radius 3 is 2.56 bits per heavy atom. The minimum absolute atomic E-state index is 0.148. The molecule has 0 aliphatic heterocycles. The molecular weight excluding hydrogens is 344 g/mol. The number of nitrogens with zero attached hydrogens (tertiary/aromatic N) is 1. The summed E-state index contributed by atoms with van der Waals surface area (Å²) in [6.45, 7) is 2.53. The molecule has 2 aromatic carbocycles. The van der Waals surface area contributed by atoms with E-state index in [1.54, 1.807) is 31.4 Å². The number of methoxy groups -OCH3 is 1. The molecule has 0 saturated heterocycles. The molecule has 0 radical (unpaired) electrons. The number of amides is 1. The van der Waals surface area contributed by atoms with Crippen LogP contribution in [0.25, 0.3) is 10.9 Å². The average Bonchev–Trinajstić information content (AvgIpc) is 3.08. The molecule has 3 rings (SSSR count). The smallest absolute Gasteiger partial charge is 0.338 e. The van der Waals surface area contributed by atoms with Crippen LogP contribution in [0.3, 0.4) is 0 Å². The van der Waals surface area contributed by atoms with Crippen LogP contribution in [-0.2, 0) is 16.1 Å². The van der Waals surface area contributed by atoms with E-state index in [0.717, 1.165) is 23.1 Å². The second-order valence-electron chi connectivity index (χ2n) is 6.13. The lowest BCUT2D eigenvalue weighted by Crippen LogP contribution is -2.18. The molecule has 0 aliphatic rings. The molecule has 0 atom stereocenters. The van der Waals surface area contributed by atoms with E-state index in [1.165, 1.54) is 0 Å². The van der Waals surface area contributed by atoms with E-state index in [9.17, 15) is 9.59 Å². The first-order chi connectivity index (χ1) is 13.1. The number of ether oxygens (including phenoxy) is 2. The van der Waals surface area contributed by atoms with E-state index in [-0.39, 0.29) is 18.4 Å². The highest BCUT2D eigenvalue weighted by molar-refractivity contribution is 5.94. The molecule has 0 aliphatic carbocycles. The predicted molar refractivity (Wildman–Crippen MR) is 104 cm³/mol. The minimum Gasteiger partial charge on any atom is -0.497 e. The number of esters is 1. The number of aromatic nitrogens is 1. The molecular formula is C21H22N2O4. The first kappa shape index (κ1) is 18.5. The number of carbonyl (C=O) groups excluding carboxylic acids is 2. The summed E-state index contributed by atoms with van der Waals surface area (Å²) in [6.07, 6.45) is 2.65. The number of nitrogens with one attached hydrogen (secondary N) is 1. The molecule has 1 N–H and O–H groups in total. The molecule has 0 spiro atoms. The SMILES string of the molecule is CCCOC(=O)c1ccc(NC(=O)Cn2ccc3cc(OC)ccc32)cc1. The van der Waals surface area contributed by atoms with Crippen LogP contribution in [0.4, 0.5) is 5.69 Å². The first-order valence-electron chi connectivity index (χ1n) is 8.80. The van der Waals surface area contributed by atoms with Gasteiger partial charge in [-0.1, -0.05) is 6.92 Å². The third kappa shape index (κ3) is 4.47. The van der Waals surface area contributed by atoms with Crippen LogP contribution in [0, 0.1) is 0 Å². The van der Waals surface area contributed by atoms with Crippen LogP contribution in [0.2, 0.25) is 0 Å². The van der Waals surface area contributed by atoms with Gasteiger partial charge >= 0.3 is 5.97 Å². The number of hydrogen-bond acceptors (Lipinski definition) is 4. The molecule has 140 valence electrons. The van der Waals surface area contributed by atoms with Gasteiger partial charge in [0.05, 0.1) is 19.3 Å². The Balaban J connectivity index is 1.63. The van der Waals surface area contributed by atoms with Gasteiger partial charge in [-0.2, -0.15) is 0 Å². The Bertz CT molecular complexity index is 944. The summed E-state index contributed by atoms with van der Waals surface area (Å²) in [5.74, 6) is 0.274. The normalized spacial score (nSPS) is 10.6. The van der Waals surface area contributed by atoms with E-state index in [4.69, 9.17) is 9.47 Å². The number of fused-ring (bicyclic) bond motifs is 1. The summed E-state index contributed by atoms with van der Waals surface area (Å²) < 4.78 is 12.2. The molecule has 27 heavy (non-hydrogen) atoms. The van der Waals surface area contributed by atoms with E-state index in [0.29, 0.717) is 17.9 Å². The molecule has 3 aromatic rings. The summed E-state index contributed by atoms with van der Waals surface area (Å²) in [6, 6.07) is 14.3. The van der Waals surface area contributed by atoms with Gasteiger partial charge in [0.25, 0.3) is 0 Å². The fraction of sp³-hybridized carbons (Fsp3) is 0.238. The van der Waals surface area contributed by atoms with Crippen LogP contribution >= 0.6 is 0 Å². The molecule has 1 amide bonds. The standard InChI is InChI=1S/C21H22N2O4/c1-3-12-27-21(25)15-4-6-17(7-5-15)22-20(24)14-23-11-10-16-13-18(26-2)8-9-19(16)23/h4-11,13H,3,12,14H2,1-2H3,(H,22,24). The van der Waals surface area contributed by atoms with Gasteiger partial charge in [-0.25, -0.2) is 4.79 Å². The molecule has 1 heterocycles. The van der Waals surface area contributed by atoms with Crippen LogP contribution in [-0.4, -0.2) is 30.2 Å². The van der Waals surface area contributed by atoms with Crippen molar-refractivity contribution in [1.82, 2.24) is 4.57 Å². The van der Waals surface area contributed by atoms with Crippen LogP contribution in [0.15, 0.2) is 54.7 Å². The summed E-state index contributed by atoms with van der Waals surface area (Å²) in [5.41, 5.74) is 2.05. The van der Waals surface area contributed by atoms with Gasteiger partial charge in [-0.15, -0.1) is 0 Å². The Labute approximate surface area is 157 Å². The summed E-state index contributed by atoms with van der Waals surface area (Å²) >= 11 is 0. The largest absolute Gasteiger partial charge is 0.497 e. The molecule has 6 heteroatoms. The van der Waals surface area contributed by atoms with Gasteiger partial charge < -0.3 is 19.4 Å². The Morgan fingerprint density at radius 1 is 1.07 bits per heavy atom. The Kier molecular flexibility index (Phi) is 5.76. The van der Waals surface area contributed by atoms with Crippen molar-refractivity contribution in [3.63, 3.8) is 0 Å².